The Morgan fingerprint density at radius 2 is 2.07 bits per heavy atom. The van der Waals surface area contributed by atoms with Crippen LogP contribution < -0.4 is 4.74 Å². The van der Waals surface area contributed by atoms with Crippen LogP contribution >= 0.6 is 23.1 Å². The van der Waals surface area contributed by atoms with Crippen LogP contribution in [0.4, 0.5) is 0 Å². The minimum Gasteiger partial charge on any atom is -0.488 e. The molecule has 0 bridgehead atoms. The monoisotopic (exact) mass is 428 g/mol. The second kappa shape index (κ2) is 7.78. The molecule has 2 aromatic rings. The van der Waals surface area contributed by atoms with Crippen molar-refractivity contribution in [2.45, 2.75) is 36.1 Å². The van der Waals surface area contributed by atoms with Gasteiger partial charge in [-0.1, -0.05) is 0 Å². The van der Waals surface area contributed by atoms with Gasteiger partial charge in [-0.15, -0.1) is 11.3 Å². The fraction of sp³-hybridized carbons (Fsp3) is 0.412. The summed E-state index contributed by atoms with van der Waals surface area (Å²) in [6.07, 6.45) is 1.71. The lowest BCUT2D eigenvalue weighted by Gasteiger charge is -2.42. The lowest BCUT2D eigenvalue weighted by Crippen LogP contribution is -2.58. The first-order chi connectivity index (χ1) is 12.7. The number of carbonyl (C=O) groups is 1. The molecule has 1 saturated heterocycles. The summed E-state index contributed by atoms with van der Waals surface area (Å²) in [6, 6.07) is 4.93. The van der Waals surface area contributed by atoms with Crippen LogP contribution in [0.5, 0.6) is 5.75 Å². The predicted octanol–water partition coefficient (Wildman–Crippen LogP) is 2.69. The Morgan fingerprint density at radius 1 is 1.37 bits per heavy atom. The van der Waals surface area contributed by atoms with Gasteiger partial charge in [-0.25, -0.2) is 8.42 Å². The second-order valence-corrected chi connectivity index (χ2v) is 11.1. The lowest BCUT2D eigenvalue weighted by atomic mass is 10.0. The zero-order valence-corrected chi connectivity index (χ0v) is 17.3. The Morgan fingerprint density at radius 3 is 2.67 bits per heavy atom. The molecule has 0 radical (unpaired) electrons. The molecule has 1 N–H and O–H groups in total. The van der Waals surface area contributed by atoms with Crippen LogP contribution in [0.15, 0.2) is 40.9 Å². The molecule has 146 valence electrons. The molecule has 1 aliphatic rings. The molecule has 3 rings (SSSR count). The normalized spacial score (nSPS) is 20.3. The zero-order valence-electron chi connectivity index (χ0n) is 14.9. The van der Waals surface area contributed by atoms with E-state index in [1.54, 1.807) is 37.7 Å². The van der Waals surface area contributed by atoms with Crippen LogP contribution in [0.3, 0.4) is 0 Å². The Balaban J connectivity index is 1.80. The average molecular weight is 429 g/mol. The van der Waals surface area contributed by atoms with Crippen molar-refractivity contribution >= 4 is 39.1 Å². The van der Waals surface area contributed by atoms with Gasteiger partial charge in [0.2, 0.25) is 10.0 Å². The van der Waals surface area contributed by atoms with Crippen molar-refractivity contribution in [1.29, 1.82) is 0 Å². The summed E-state index contributed by atoms with van der Waals surface area (Å²) in [5.74, 6) is -0.0570. The highest BCUT2D eigenvalue weighted by molar-refractivity contribution is 8.00. The van der Waals surface area contributed by atoms with Crippen LogP contribution in [-0.4, -0.2) is 51.9 Å². The predicted molar refractivity (Wildman–Crippen MR) is 105 cm³/mol. The maximum absolute atomic E-state index is 13.1. The fourth-order valence-electron chi connectivity index (χ4n) is 2.94. The number of carboxylic acid groups (broad SMARTS) is 1. The van der Waals surface area contributed by atoms with E-state index in [-0.39, 0.29) is 11.4 Å². The molecule has 1 aliphatic heterocycles. The van der Waals surface area contributed by atoms with E-state index in [1.165, 1.54) is 35.2 Å². The summed E-state index contributed by atoms with van der Waals surface area (Å²) >= 11 is 2.94. The number of aromatic nitrogens is 1. The highest BCUT2D eigenvalue weighted by Gasteiger charge is 2.48. The van der Waals surface area contributed by atoms with Gasteiger partial charge >= 0.3 is 5.97 Å². The standard InChI is InChI=1S/C17H20N2O5S3/c1-17(2)15(16(20)21)19(7-8-26-17)27(22,23)14-5-3-12(4-6-14)24-10-13-9-18-11-25-13/h3-6,9,11,15H,7-8,10H2,1-2H3,(H,20,21)/t15-/m0/s1. The third-order valence-corrected chi connectivity index (χ3v) is 8.25. The fourth-order valence-corrected chi connectivity index (χ4v) is 6.55. The summed E-state index contributed by atoms with van der Waals surface area (Å²) in [6.45, 7) is 4.04. The number of carboxylic acids is 1. The smallest absolute Gasteiger partial charge is 0.323 e. The zero-order chi connectivity index (χ0) is 19.7. The molecule has 27 heavy (non-hydrogen) atoms. The van der Waals surface area contributed by atoms with E-state index in [4.69, 9.17) is 4.74 Å². The van der Waals surface area contributed by atoms with E-state index in [1.807, 2.05) is 0 Å². The number of thiazole rings is 1. The van der Waals surface area contributed by atoms with Gasteiger partial charge < -0.3 is 9.84 Å². The number of nitrogens with zero attached hydrogens (tertiary/aromatic N) is 2. The van der Waals surface area contributed by atoms with Crippen molar-refractivity contribution in [3.05, 3.63) is 40.8 Å². The molecule has 7 nitrogen and oxygen atoms in total. The van der Waals surface area contributed by atoms with Gasteiger partial charge in [0.1, 0.15) is 18.4 Å². The molecule has 1 atom stereocenters. The van der Waals surface area contributed by atoms with E-state index in [0.29, 0.717) is 18.1 Å². The van der Waals surface area contributed by atoms with Crippen LogP contribution in [0.2, 0.25) is 0 Å². The van der Waals surface area contributed by atoms with Gasteiger partial charge in [-0.05, 0) is 38.1 Å². The maximum atomic E-state index is 13.1. The number of hydrogen-bond donors (Lipinski definition) is 1. The second-order valence-electron chi connectivity index (χ2n) is 6.54. The highest BCUT2D eigenvalue weighted by Crippen LogP contribution is 2.38. The summed E-state index contributed by atoms with van der Waals surface area (Å²) in [7, 11) is -3.93. The molecule has 1 aromatic heterocycles. The summed E-state index contributed by atoms with van der Waals surface area (Å²) in [5, 5.41) is 9.62. The van der Waals surface area contributed by atoms with Gasteiger partial charge in [0.05, 0.1) is 15.3 Å². The quantitative estimate of drug-likeness (QED) is 0.755. The van der Waals surface area contributed by atoms with E-state index in [0.717, 1.165) is 9.18 Å². The van der Waals surface area contributed by atoms with E-state index >= 15 is 0 Å². The van der Waals surface area contributed by atoms with Crippen molar-refractivity contribution in [1.82, 2.24) is 9.29 Å². The lowest BCUT2D eigenvalue weighted by molar-refractivity contribution is -0.142. The summed E-state index contributed by atoms with van der Waals surface area (Å²) in [5.41, 5.74) is 1.71. The van der Waals surface area contributed by atoms with Crippen molar-refractivity contribution in [3.8, 4) is 5.75 Å². The molecular formula is C17H20N2O5S3. The van der Waals surface area contributed by atoms with Crippen molar-refractivity contribution < 1.29 is 23.1 Å². The molecule has 1 aromatic carbocycles. The first kappa shape index (κ1) is 20.1. The number of thioether (sulfide) groups is 1. The van der Waals surface area contributed by atoms with Gasteiger partial charge in [-0.3, -0.25) is 9.78 Å². The molecule has 0 saturated carbocycles. The minimum atomic E-state index is -3.93. The SMILES string of the molecule is CC1(C)SCCN(S(=O)(=O)c2ccc(OCc3cncs3)cc2)[C@H]1C(=O)O. The first-order valence-corrected chi connectivity index (χ1v) is 11.5. The number of aliphatic carboxylic acids is 1. The molecule has 0 aliphatic carbocycles. The van der Waals surface area contributed by atoms with Gasteiger partial charge in [0, 0.05) is 23.2 Å². The molecule has 0 spiro atoms. The van der Waals surface area contributed by atoms with Gasteiger partial charge in [0.25, 0.3) is 0 Å². The molecular weight excluding hydrogens is 408 g/mol. The Kier molecular flexibility index (Phi) is 5.80. The molecule has 10 heteroatoms. The Hall–Kier alpha value is -1.62. The van der Waals surface area contributed by atoms with Crippen LogP contribution in [0.1, 0.15) is 18.7 Å². The van der Waals surface area contributed by atoms with Crippen molar-refractivity contribution in [3.63, 3.8) is 0 Å². The highest BCUT2D eigenvalue weighted by atomic mass is 32.2. The largest absolute Gasteiger partial charge is 0.488 e. The van der Waals surface area contributed by atoms with Crippen LogP contribution in [-0.2, 0) is 21.4 Å². The van der Waals surface area contributed by atoms with Crippen LogP contribution in [0, 0.1) is 0 Å². The number of ether oxygens (including phenoxy) is 1. The average Bonchev–Trinajstić information content (AvgIpc) is 3.12. The summed E-state index contributed by atoms with van der Waals surface area (Å²) < 4.78 is 32.1. The first-order valence-electron chi connectivity index (χ1n) is 8.20. The molecule has 0 unspecified atom stereocenters. The molecule has 2 heterocycles. The Bertz CT molecular complexity index is 895. The third-order valence-electron chi connectivity index (χ3n) is 4.26. The van der Waals surface area contributed by atoms with E-state index in [2.05, 4.69) is 4.98 Å². The maximum Gasteiger partial charge on any atom is 0.323 e. The number of hydrogen-bond acceptors (Lipinski definition) is 7. The number of rotatable bonds is 6. The molecule has 0 amide bonds. The molecule has 1 fully saturated rings. The number of sulfonamides is 1. The van der Waals surface area contributed by atoms with Gasteiger partial charge in [0.15, 0.2) is 0 Å². The summed E-state index contributed by atoms with van der Waals surface area (Å²) in [4.78, 5) is 16.8. The third kappa shape index (κ3) is 4.29. The van der Waals surface area contributed by atoms with Crippen LogP contribution in [0.25, 0.3) is 0 Å². The van der Waals surface area contributed by atoms with E-state index < -0.39 is 26.8 Å². The van der Waals surface area contributed by atoms with Crippen molar-refractivity contribution in [2.24, 2.45) is 0 Å². The topological polar surface area (TPSA) is 96.8 Å². The minimum absolute atomic E-state index is 0.0570. The number of benzene rings is 1. The van der Waals surface area contributed by atoms with E-state index in [9.17, 15) is 18.3 Å². The van der Waals surface area contributed by atoms with Crippen molar-refractivity contribution in [2.75, 3.05) is 12.3 Å². The Labute approximate surface area is 166 Å². The van der Waals surface area contributed by atoms with Gasteiger partial charge in [-0.2, -0.15) is 16.1 Å².